The van der Waals surface area contributed by atoms with Gasteiger partial charge in [0.05, 0.1) is 18.3 Å². The predicted octanol–water partition coefficient (Wildman–Crippen LogP) is 3.12. The maximum Gasteiger partial charge on any atom is 0.191 e. The van der Waals surface area contributed by atoms with Crippen LogP contribution in [0.4, 0.5) is 0 Å². The highest BCUT2D eigenvalue weighted by atomic mass is 127. The first-order valence-corrected chi connectivity index (χ1v) is 8.70. The minimum absolute atomic E-state index is 0. The van der Waals surface area contributed by atoms with Crippen LogP contribution in [0, 0.1) is 0 Å². The Kier molecular flexibility index (Phi) is 9.89. The van der Waals surface area contributed by atoms with Gasteiger partial charge < -0.3 is 15.5 Å². The molecule has 0 aromatic carbocycles. The maximum atomic E-state index is 4.61. The predicted molar refractivity (Wildman–Crippen MR) is 113 cm³/mol. The Balaban J connectivity index is 0.00000288. The van der Waals surface area contributed by atoms with Crippen molar-refractivity contribution in [2.75, 3.05) is 27.2 Å². The van der Waals surface area contributed by atoms with Crippen LogP contribution in [-0.2, 0) is 6.54 Å². The van der Waals surface area contributed by atoms with Gasteiger partial charge in [-0.3, -0.25) is 4.98 Å². The Morgan fingerprint density at radius 1 is 1.25 bits per heavy atom. The lowest BCUT2D eigenvalue weighted by Crippen LogP contribution is -2.41. The minimum atomic E-state index is 0. The number of nitrogens with zero attached hydrogens (tertiary/aromatic N) is 3. The van der Waals surface area contributed by atoms with Crippen molar-refractivity contribution in [3.8, 4) is 0 Å². The van der Waals surface area contributed by atoms with Crippen molar-refractivity contribution in [2.45, 2.75) is 19.5 Å². The Morgan fingerprint density at radius 2 is 2.08 bits per heavy atom. The molecule has 2 heterocycles. The van der Waals surface area contributed by atoms with Crippen molar-refractivity contribution in [1.82, 2.24) is 20.5 Å². The maximum absolute atomic E-state index is 4.61. The number of rotatable bonds is 7. The van der Waals surface area contributed by atoms with E-state index < -0.39 is 0 Å². The summed E-state index contributed by atoms with van der Waals surface area (Å²) >= 11 is 1.78. The summed E-state index contributed by atoms with van der Waals surface area (Å²) in [5.41, 5.74) is 0.965. The summed E-state index contributed by atoms with van der Waals surface area (Å²) in [6.45, 7) is 4.28. The van der Waals surface area contributed by atoms with E-state index >= 15 is 0 Å². The molecule has 2 rings (SSSR count). The van der Waals surface area contributed by atoms with Crippen LogP contribution in [0.1, 0.15) is 23.5 Å². The molecule has 0 amide bonds. The van der Waals surface area contributed by atoms with E-state index in [2.05, 4.69) is 64.0 Å². The number of aliphatic imine (C=N–C) groups is 1. The molecular formula is C17H26IN5S. The number of aromatic nitrogens is 1. The molecule has 0 bridgehead atoms. The molecule has 7 heteroatoms. The molecule has 132 valence electrons. The molecule has 2 aromatic heterocycles. The first-order valence-electron chi connectivity index (χ1n) is 7.82. The summed E-state index contributed by atoms with van der Waals surface area (Å²) in [6, 6.07) is 10.5. The minimum Gasteiger partial charge on any atom is -0.357 e. The lowest BCUT2D eigenvalue weighted by Gasteiger charge is -2.24. The van der Waals surface area contributed by atoms with E-state index in [0.717, 1.165) is 24.7 Å². The molecule has 0 spiro atoms. The quantitative estimate of drug-likeness (QED) is 0.380. The molecule has 0 aliphatic carbocycles. The fourth-order valence-corrected chi connectivity index (χ4v) is 3.13. The molecule has 2 aromatic rings. The third-order valence-electron chi connectivity index (χ3n) is 3.43. The first kappa shape index (κ1) is 20.9. The van der Waals surface area contributed by atoms with Crippen molar-refractivity contribution >= 4 is 41.3 Å². The zero-order valence-electron chi connectivity index (χ0n) is 14.4. The molecule has 0 saturated carbocycles. The number of hydrogen-bond acceptors (Lipinski definition) is 4. The summed E-state index contributed by atoms with van der Waals surface area (Å²) in [5.74, 6) is 0.821. The van der Waals surface area contributed by atoms with Gasteiger partial charge in [0.15, 0.2) is 5.96 Å². The number of nitrogens with one attached hydrogen (secondary N) is 2. The van der Waals surface area contributed by atoms with Gasteiger partial charge in [-0.2, -0.15) is 0 Å². The summed E-state index contributed by atoms with van der Waals surface area (Å²) in [6.07, 6.45) is 1.80. The number of likely N-dealkylation sites (N-methyl/N-ethyl adjacent to an activating group) is 1. The molecular weight excluding hydrogens is 433 g/mol. The second-order valence-corrected chi connectivity index (χ2v) is 6.37. The van der Waals surface area contributed by atoms with Crippen molar-refractivity contribution in [3.63, 3.8) is 0 Å². The second kappa shape index (κ2) is 11.4. The normalized spacial score (nSPS) is 12.6. The van der Waals surface area contributed by atoms with Crippen LogP contribution in [0.2, 0.25) is 0 Å². The fourth-order valence-electron chi connectivity index (χ4n) is 2.21. The summed E-state index contributed by atoms with van der Waals surface area (Å²) in [5, 5.41) is 8.84. The SMILES string of the molecule is CCNC(=NCc1ccccn1)NCC(c1cccs1)N(C)C.I. The summed E-state index contributed by atoms with van der Waals surface area (Å²) in [7, 11) is 4.20. The van der Waals surface area contributed by atoms with Gasteiger partial charge in [-0.15, -0.1) is 35.3 Å². The zero-order chi connectivity index (χ0) is 16.5. The molecule has 5 nitrogen and oxygen atoms in total. The Morgan fingerprint density at radius 3 is 2.67 bits per heavy atom. The topological polar surface area (TPSA) is 52.6 Å². The molecule has 1 atom stereocenters. The number of hydrogen-bond donors (Lipinski definition) is 2. The number of guanidine groups is 1. The van der Waals surface area contributed by atoms with Gasteiger partial charge in [0, 0.05) is 24.2 Å². The molecule has 2 N–H and O–H groups in total. The van der Waals surface area contributed by atoms with E-state index in [4.69, 9.17) is 0 Å². The average molecular weight is 459 g/mol. The first-order chi connectivity index (χ1) is 11.2. The van der Waals surface area contributed by atoms with Crippen LogP contribution in [-0.4, -0.2) is 43.0 Å². The highest BCUT2D eigenvalue weighted by molar-refractivity contribution is 14.0. The average Bonchev–Trinajstić information content (AvgIpc) is 3.07. The Labute approximate surface area is 165 Å². The van der Waals surface area contributed by atoms with Crippen LogP contribution in [0.3, 0.4) is 0 Å². The summed E-state index contributed by atoms with van der Waals surface area (Å²) in [4.78, 5) is 12.5. The van der Waals surface area contributed by atoms with Gasteiger partial charge >= 0.3 is 0 Å². The lowest BCUT2D eigenvalue weighted by atomic mass is 10.2. The third kappa shape index (κ3) is 6.74. The van der Waals surface area contributed by atoms with Crippen LogP contribution in [0.5, 0.6) is 0 Å². The van der Waals surface area contributed by atoms with Gasteiger partial charge in [-0.05, 0) is 44.6 Å². The fraction of sp³-hybridized carbons (Fsp3) is 0.412. The van der Waals surface area contributed by atoms with E-state index in [9.17, 15) is 0 Å². The van der Waals surface area contributed by atoms with E-state index in [1.807, 2.05) is 18.2 Å². The lowest BCUT2D eigenvalue weighted by molar-refractivity contribution is 0.302. The Hall–Kier alpha value is -1.19. The molecule has 0 aliphatic heterocycles. The molecule has 0 radical (unpaired) electrons. The Bertz CT molecular complexity index is 586. The third-order valence-corrected chi connectivity index (χ3v) is 4.40. The van der Waals surface area contributed by atoms with E-state index in [1.54, 1.807) is 17.5 Å². The van der Waals surface area contributed by atoms with Gasteiger partial charge in [0.1, 0.15) is 0 Å². The van der Waals surface area contributed by atoms with Gasteiger partial charge in [-0.1, -0.05) is 12.1 Å². The van der Waals surface area contributed by atoms with Gasteiger partial charge in [0.25, 0.3) is 0 Å². The van der Waals surface area contributed by atoms with Crippen LogP contribution < -0.4 is 10.6 Å². The van der Waals surface area contributed by atoms with Gasteiger partial charge in [-0.25, -0.2) is 4.99 Å². The molecule has 0 fully saturated rings. The molecule has 24 heavy (non-hydrogen) atoms. The van der Waals surface area contributed by atoms with Crippen molar-refractivity contribution in [3.05, 3.63) is 52.5 Å². The van der Waals surface area contributed by atoms with E-state index in [-0.39, 0.29) is 24.0 Å². The summed E-state index contributed by atoms with van der Waals surface area (Å²) < 4.78 is 0. The van der Waals surface area contributed by atoms with Gasteiger partial charge in [0.2, 0.25) is 0 Å². The van der Waals surface area contributed by atoms with E-state index in [1.165, 1.54) is 4.88 Å². The highest BCUT2D eigenvalue weighted by Gasteiger charge is 2.15. The van der Waals surface area contributed by atoms with Crippen molar-refractivity contribution in [1.29, 1.82) is 0 Å². The zero-order valence-corrected chi connectivity index (χ0v) is 17.5. The molecule has 0 aliphatic rings. The smallest absolute Gasteiger partial charge is 0.191 e. The van der Waals surface area contributed by atoms with Crippen LogP contribution in [0.25, 0.3) is 0 Å². The van der Waals surface area contributed by atoms with Crippen molar-refractivity contribution in [2.24, 2.45) is 4.99 Å². The highest BCUT2D eigenvalue weighted by Crippen LogP contribution is 2.22. The number of thiophene rings is 1. The molecule has 0 saturated heterocycles. The van der Waals surface area contributed by atoms with Crippen LogP contribution >= 0.6 is 35.3 Å². The van der Waals surface area contributed by atoms with Crippen molar-refractivity contribution < 1.29 is 0 Å². The van der Waals surface area contributed by atoms with Crippen LogP contribution in [0.15, 0.2) is 46.9 Å². The second-order valence-electron chi connectivity index (χ2n) is 5.39. The number of halogens is 1. The standard InChI is InChI=1S/C17H25N5S.HI/c1-4-18-17(20-12-14-8-5-6-10-19-14)21-13-15(22(2)3)16-9-7-11-23-16;/h5-11,15H,4,12-13H2,1-3H3,(H2,18,20,21);1H. The number of pyridine rings is 1. The monoisotopic (exact) mass is 459 g/mol. The largest absolute Gasteiger partial charge is 0.357 e. The molecule has 1 unspecified atom stereocenters. The van der Waals surface area contributed by atoms with E-state index in [0.29, 0.717) is 12.6 Å².